The summed E-state index contributed by atoms with van der Waals surface area (Å²) < 4.78 is 5.41. The summed E-state index contributed by atoms with van der Waals surface area (Å²) in [6.45, 7) is 10.6. The highest BCUT2D eigenvalue weighted by Crippen LogP contribution is 2.20. The van der Waals surface area contributed by atoms with E-state index in [9.17, 15) is 10.1 Å². The van der Waals surface area contributed by atoms with Gasteiger partial charge in [0.1, 0.15) is 0 Å². The number of nitro benzene ring substituents is 1. The Kier molecular flexibility index (Phi) is 6.44. The Hall–Kier alpha value is -1.80. The summed E-state index contributed by atoms with van der Waals surface area (Å²) in [7, 11) is 2.95. The quantitative estimate of drug-likeness (QED) is 0.412. The second-order valence-corrected chi connectivity index (χ2v) is 8.29. The van der Waals surface area contributed by atoms with Crippen LogP contribution >= 0.6 is 20.9 Å². The third kappa shape index (κ3) is 5.10. The number of rotatable bonds is 7. The first kappa shape index (κ1) is 18.5. The lowest BCUT2D eigenvalue weighted by atomic mass is 10.1. The van der Waals surface area contributed by atoms with Crippen LogP contribution < -0.4 is 9.57 Å². The van der Waals surface area contributed by atoms with Gasteiger partial charge in [-0.25, -0.2) is 4.99 Å². The molecule has 8 heteroatoms. The summed E-state index contributed by atoms with van der Waals surface area (Å²) in [5.74, 6) is 1.97. The highest BCUT2D eigenvalue weighted by Gasteiger charge is 2.15. The molecule has 0 radical (unpaired) electrons. The number of hydrogen-bond donors (Lipinski definition) is 0. The first-order valence-electron chi connectivity index (χ1n) is 7.87. The lowest BCUT2D eigenvalue weighted by Crippen LogP contribution is -2.34. The maximum atomic E-state index is 10.7. The van der Waals surface area contributed by atoms with Crippen molar-refractivity contribution in [3.8, 4) is 0 Å². The van der Waals surface area contributed by atoms with Gasteiger partial charge in [0.25, 0.3) is 5.69 Å². The van der Waals surface area contributed by atoms with Gasteiger partial charge < -0.3 is 4.90 Å². The number of anilines is 1. The van der Waals surface area contributed by atoms with E-state index in [1.165, 1.54) is 33.0 Å². The van der Waals surface area contributed by atoms with Crippen molar-refractivity contribution in [1.29, 1.82) is 0 Å². The van der Waals surface area contributed by atoms with Crippen LogP contribution in [-0.4, -0.2) is 22.4 Å². The van der Waals surface area contributed by atoms with Crippen LogP contribution in [0.15, 0.2) is 29.3 Å². The minimum absolute atomic E-state index is 0.0718. The molecule has 0 aliphatic carbocycles. The first-order chi connectivity index (χ1) is 11.4. The molecule has 0 saturated heterocycles. The van der Waals surface area contributed by atoms with Gasteiger partial charge in [-0.2, -0.15) is 4.37 Å². The first-order valence-corrected chi connectivity index (χ1v) is 9.97. The Bertz CT molecular complexity index is 725. The van der Waals surface area contributed by atoms with E-state index in [-0.39, 0.29) is 5.69 Å². The van der Waals surface area contributed by atoms with Crippen molar-refractivity contribution in [3.05, 3.63) is 39.1 Å². The Balaban J connectivity index is 2.34. The molecule has 0 aliphatic heterocycles. The van der Waals surface area contributed by atoms with Crippen LogP contribution in [0.4, 0.5) is 17.2 Å². The Labute approximate surface area is 149 Å². The van der Waals surface area contributed by atoms with Crippen LogP contribution in [0.1, 0.15) is 27.7 Å². The molecule has 24 heavy (non-hydrogen) atoms. The van der Waals surface area contributed by atoms with Crippen molar-refractivity contribution in [3.63, 3.8) is 0 Å². The molecule has 1 heterocycles. The average molecular weight is 367 g/mol. The molecule has 2 rings (SSSR count). The summed E-state index contributed by atoms with van der Waals surface area (Å²) in [4.78, 5) is 17.3. The number of nitro groups is 1. The van der Waals surface area contributed by atoms with Crippen molar-refractivity contribution in [1.82, 2.24) is 4.37 Å². The average Bonchev–Trinajstić information content (AvgIpc) is 2.94. The topological polar surface area (TPSA) is 71.6 Å². The van der Waals surface area contributed by atoms with Crippen LogP contribution in [-0.2, 0) is 0 Å². The van der Waals surface area contributed by atoms with Crippen LogP contribution in [0.3, 0.4) is 0 Å². The number of benzene rings is 1. The lowest BCUT2D eigenvalue weighted by Gasteiger charge is -2.25. The highest BCUT2D eigenvalue weighted by atomic mass is 32.9. The van der Waals surface area contributed by atoms with Gasteiger partial charge in [0.2, 0.25) is 0 Å². The van der Waals surface area contributed by atoms with Crippen LogP contribution in [0.2, 0.25) is 0 Å². The Morgan fingerprint density at radius 1 is 1.17 bits per heavy atom. The molecule has 0 spiro atoms. The van der Waals surface area contributed by atoms with E-state index in [1.807, 2.05) is 0 Å². The molecule has 2 aromatic rings. The highest BCUT2D eigenvalue weighted by molar-refractivity contribution is 7.66. The van der Waals surface area contributed by atoms with E-state index in [1.54, 1.807) is 12.1 Å². The number of non-ortho nitro benzene ring substituents is 1. The standard InChI is InChI=1S/C16H22N4O2S2/c1-11(2)9-19(10-12(3)4)15-16(23-24-18-15)17-13-5-7-14(8-6-13)20(21)22/h5-8,11-12H,9-10H2,1-4H3. The lowest BCUT2D eigenvalue weighted by molar-refractivity contribution is -0.384. The smallest absolute Gasteiger partial charge is 0.269 e. The third-order valence-corrected chi connectivity index (χ3v) is 4.87. The van der Waals surface area contributed by atoms with E-state index in [0.717, 1.165) is 23.6 Å². The number of hydrogen-bond acceptors (Lipinski definition) is 7. The molecule has 0 bridgehead atoms. The molecule has 6 nitrogen and oxygen atoms in total. The molecule has 0 saturated carbocycles. The van der Waals surface area contributed by atoms with Crippen molar-refractivity contribution in [2.75, 3.05) is 18.0 Å². The summed E-state index contributed by atoms with van der Waals surface area (Å²) >= 11 is 0. The molecule has 0 fully saturated rings. The molecular weight excluding hydrogens is 344 g/mol. The largest absolute Gasteiger partial charge is 0.353 e. The Morgan fingerprint density at radius 2 is 1.75 bits per heavy atom. The molecule has 130 valence electrons. The molecule has 0 amide bonds. The van der Waals surface area contributed by atoms with Crippen LogP contribution in [0.5, 0.6) is 0 Å². The van der Waals surface area contributed by atoms with Gasteiger partial charge in [-0.3, -0.25) is 10.1 Å². The predicted molar refractivity (Wildman–Crippen MR) is 100 cm³/mol. The molecular formula is C16H22N4O2S2. The zero-order valence-electron chi connectivity index (χ0n) is 14.3. The van der Waals surface area contributed by atoms with Crippen molar-refractivity contribution in [2.45, 2.75) is 27.7 Å². The second-order valence-electron chi connectivity index (χ2n) is 6.46. The summed E-state index contributed by atoms with van der Waals surface area (Å²) in [6, 6.07) is 6.29. The molecule has 0 N–H and O–H groups in total. The van der Waals surface area contributed by atoms with Gasteiger partial charge in [0, 0.05) is 35.8 Å². The fourth-order valence-corrected chi connectivity index (χ4v) is 4.02. The third-order valence-electron chi connectivity index (χ3n) is 3.19. The zero-order valence-corrected chi connectivity index (χ0v) is 15.9. The Morgan fingerprint density at radius 3 is 2.25 bits per heavy atom. The van der Waals surface area contributed by atoms with Gasteiger partial charge in [-0.1, -0.05) is 27.7 Å². The number of aromatic nitrogens is 1. The molecule has 1 aromatic heterocycles. The van der Waals surface area contributed by atoms with Crippen LogP contribution in [0.25, 0.3) is 0 Å². The summed E-state index contributed by atoms with van der Waals surface area (Å²) in [6.07, 6.45) is 0. The second kappa shape index (κ2) is 8.34. The summed E-state index contributed by atoms with van der Waals surface area (Å²) in [5, 5.41) is 10.7. The van der Waals surface area contributed by atoms with Crippen molar-refractivity contribution < 1.29 is 4.92 Å². The fourth-order valence-electron chi connectivity index (χ4n) is 2.32. The number of nitrogens with zero attached hydrogens (tertiary/aromatic N) is 4. The SMILES string of the molecule is CC(C)CN(CC(C)C)c1nssc1=Nc1ccc([N+](=O)[O-])cc1. The van der Waals surface area contributed by atoms with Crippen molar-refractivity contribution in [2.24, 2.45) is 16.8 Å². The van der Waals surface area contributed by atoms with E-state index in [0.29, 0.717) is 17.5 Å². The maximum Gasteiger partial charge on any atom is 0.269 e. The normalized spacial score (nSPS) is 12.2. The summed E-state index contributed by atoms with van der Waals surface area (Å²) in [5.41, 5.74) is 0.773. The van der Waals surface area contributed by atoms with E-state index in [4.69, 9.17) is 0 Å². The fraction of sp³-hybridized carbons (Fsp3) is 0.500. The van der Waals surface area contributed by atoms with Crippen LogP contribution in [0, 0.1) is 22.0 Å². The van der Waals surface area contributed by atoms with Crippen molar-refractivity contribution >= 4 is 38.1 Å². The minimum Gasteiger partial charge on any atom is -0.353 e. The van der Waals surface area contributed by atoms with E-state index < -0.39 is 4.92 Å². The van der Waals surface area contributed by atoms with Gasteiger partial charge in [0.05, 0.1) is 10.6 Å². The minimum atomic E-state index is -0.406. The maximum absolute atomic E-state index is 10.7. The van der Waals surface area contributed by atoms with E-state index >= 15 is 0 Å². The molecule has 0 atom stereocenters. The molecule has 0 aliphatic rings. The molecule has 0 unspecified atom stereocenters. The van der Waals surface area contributed by atoms with Gasteiger partial charge in [-0.15, -0.1) is 0 Å². The monoisotopic (exact) mass is 366 g/mol. The zero-order chi connectivity index (χ0) is 17.7. The van der Waals surface area contributed by atoms with Gasteiger partial charge >= 0.3 is 0 Å². The predicted octanol–water partition coefficient (Wildman–Crippen LogP) is 4.46. The van der Waals surface area contributed by atoms with Gasteiger partial charge in [-0.05, 0) is 34.3 Å². The van der Waals surface area contributed by atoms with E-state index in [2.05, 4.69) is 42.0 Å². The molecule has 1 aromatic carbocycles. The van der Waals surface area contributed by atoms with Gasteiger partial charge in [0.15, 0.2) is 10.5 Å².